The van der Waals surface area contributed by atoms with Gasteiger partial charge in [-0.15, -0.1) is 0 Å². The molecule has 1 aromatic heterocycles. The molecule has 2 N–H and O–H groups in total. The third-order valence-corrected chi connectivity index (χ3v) is 2.77. The second-order valence-electron chi connectivity index (χ2n) is 5.57. The minimum Gasteiger partial charge on any atom is -0.484 e. The quantitative estimate of drug-likeness (QED) is 0.900. The molecular formula is C15H19N3O2. The molecule has 5 nitrogen and oxygen atoms in total. The van der Waals surface area contributed by atoms with Crippen molar-refractivity contribution in [3.63, 3.8) is 0 Å². The minimum atomic E-state index is -0.235. The first kappa shape index (κ1) is 14.1. The van der Waals surface area contributed by atoms with E-state index in [4.69, 9.17) is 4.74 Å². The molecule has 0 spiro atoms. The first-order valence-corrected chi connectivity index (χ1v) is 6.49. The number of H-pyrrole nitrogens is 1. The Morgan fingerprint density at radius 3 is 2.60 bits per heavy atom. The summed E-state index contributed by atoms with van der Waals surface area (Å²) >= 11 is 0. The fourth-order valence-electron chi connectivity index (χ4n) is 1.61. The Bertz CT molecular complexity index is 570. The fraction of sp³-hybridized carbons (Fsp3) is 0.333. The summed E-state index contributed by atoms with van der Waals surface area (Å²) in [4.78, 5) is 11.8. The zero-order valence-corrected chi connectivity index (χ0v) is 11.9. The summed E-state index contributed by atoms with van der Waals surface area (Å²) in [5, 5.41) is 9.68. The van der Waals surface area contributed by atoms with Crippen LogP contribution in [0.1, 0.15) is 26.5 Å². The van der Waals surface area contributed by atoms with Crippen LogP contribution >= 0.6 is 0 Å². The van der Waals surface area contributed by atoms with E-state index < -0.39 is 0 Å². The van der Waals surface area contributed by atoms with E-state index in [9.17, 15) is 4.79 Å². The molecule has 0 aliphatic rings. The van der Waals surface area contributed by atoms with Crippen molar-refractivity contribution < 1.29 is 9.53 Å². The molecular weight excluding hydrogens is 254 g/mol. The van der Waals surface area contributed by atoms with Gasteiger partial charge in [-0.25, -0.2) is 0 Å². The van der Waals surface area contributed by atoms with Gasteiger partial charge in [-0.3, -0.25) is 9.89 Å². The molecule has 0 fully saturated rings. The number of aromatic amines is 1. The molecule has 0 saturated heterocycles. The fourth-order valence-corrected chi connectivity index (χ4v) is 1.61. The van der Waals surface area contributed by atoms with Gasteiger partial charge in [0.1, 0.15) is 5.75 Å². The van der Waals surface area contributed by atoms with E-state index in [2.05, 4.69) is 36.3 Å². The van der Waals surface area contributed by atoms with E-state index in [0.29, 0.717) is 11.6 Å². The van der Waals surface area contributed by atoms with Gasteiger partial charge in [0.15, 0.2) is 12.4 Å². The number of nitrogens with zero attached hydrogens (tertiary/aromatic N) is 1. The highest BCUT2D eigenvalue weighted by Gasteiger charge is 2.17. The van der Waals surface area contributed by atoms with E-state index >= 15 is 0 Å². The second kappa shape index (κ2) is 5.77. The van der Waals surface area contributed by atoms with Gasteiger partial charge in [-0.05, 0) is 12.1 Å². The molecule has 2 aromatic rings. The average Bonchev–Trinajstić information content (AvgIpc) is 2.86. The number of amides is 1. The van der Waals surface area contributed by atoms with Crippen molar-refractivity contribution in [2.45, 2.75) is 26.2 Å². The van der Waals surface area contributed by atoms with Crippen molar-refractivity contribution in [1.29, 1.82) is 0 Å². The first-order chi connectivity index (χ1) is 9.45. The number of carbonyl (C=O) groups is 1. The molecule has 1 amide bonds. The molecule has 0 aliphatic carbocycles. The molecule has 0 aliphatic heterocycles. The van der Waals surface area contributed by atoms with Crippen LogP contribution in [0.25, 0.3) is 0 Å². The molecule has 1 aromatic carbocycles. The number of benzene rings is 1. The lowest BCUT2D eigenvalue weighted by molar-refractivity contribution is -0.118. The maximum absolute atomic E-state index is 11.8. The van der Waals surface area contributed by atoms with Crippen molar-refractivity contribution in [3.05, 3.63) is 42.1 Å². The van der Waals surface area contributed by atoms with Gasteiger partial charge in [-0.2, -0.15) is 5.10 Å². The highest BCUT2D eigenvalue weighted by molar-refractivity contribution is 5.91. The summed E-state index contributed by atoms with van der Waals surface area (Å²) in [6, 6.07) is 11.1. The molecule has 0 bridgehead atoms. The van der Waals surface area contributed by atoms with Crippen LogP contribution in [0, 0.1) is 0 Å². The molecule has 0 unspecified atom stereocenters. The zero-order chi connectivity index (χ0) is 14.6. The van der Waals surface area contributed by atoms with Gasteiger partial charge in [0.05, 0.1) is 0 Å². The van der Waals surface area contributed by atoms with Gasteiger partial charge >= 0.3 is 0 Å². The third-order valence-electron chi connectivity index (χ3n) is 2.77. The summed E-state index contributed by atoms with van der Waals surface area (Å²) in [6.07, 6.45) is 0. The smallest absolute Gasteiger partial charge is 0.263 e. The Labute approximate surface area is 118 Å². The van der Waals surface area contributed by atoms with Crippen LogP contribution in [-0.2, 0) is 10.2 Å². The number of hydrogen-bond donors (Lipinski definition) is 2. The van der Waals surface area contributed by atoms with Crippen molar-refractivity contribution in [2.75, 3.05) is 11.9 Å². The van der Waals surface area contributed by atoms with Crippen LogP contribution in [0.3, 0.4) is 0 Å². The number of nitrogens with one attached hydrogen (secondary N) is 2. The van der Waals surface area contributed by atoms with Gasteiger partial charge in [-0.1, -0.05) is 39.0 Å². The molecule has 1 heterocycles. The topological polar surface area (TPSA) is 67.0 Å². The first-order valence-electron chi connectivity index (χ1n) is 6.49. The van der Waals surface area contributed by atoms with E-state index in [0.717, 1.165) is 5.69 Å². The number of anilines is 1. The van der Waals surface area contributed by atoms with Crippen LogP contribution in [-0.4, -0.2) is 22.7 Å². The molecule has 5 heteroatoms. The number of para-hydroxylation sites is 1. The Kier molecular flexibility index (Phi) is 4.08. The number of rotatable bonds is 4. The lowest BCUT2D eigenvalue weighted by atomic mass is 9.92. The summed E-state index contributed by atoms with van der Waals surface area (Å²) in [5.74, 6) is 0.942. The SMILES string of the molecule is CC(C)(C)c1cc(NC(=O)COc2ccccc2)n[nH]1. The molecule has 20 heavy (non-hydrogen) atoms. The highest BCUT2D eigenvalue weighted by Crippen LogP contribution is 2.21. The summed E-state index contributed by atoms with van der Waals surface area (Å²) in [7, 11) is 0. The van der Waals surface area contributed by atoms with Crippen molar-refractivity contribution in [2.24, 2.45) is 0 Å². The molecule has 0 saturated carbocycles. The lowest BCUT2D eigenvalue weighted by Gasteiger charge is -2.14. The van der Waals surface area contributed by atoms with Gasteiger partial charge in [0.25, 0.3) is 5.91 Å². The zero-order valence-electron chi connectivity index (χ0n) is 11.9. The summed E-state index contributed by atoms with van der Waals surface area (Å²) in [5.41, 5.74) is 0.938. The molecule has 106 valence electrons. The maximum Gasteiger partial charge on any atom is 0.263 e. The summed E-state index contributed by atoms with van der Waals surface area (Å²) in [6.45, 7) is 6.18. The third kappa shape index (κ3) is 3.85. The Balaban J connectivity index is 1.87. The Morgan fingerprint density at radius 1 is 1.30 bits per heavy atom. The van der Waals surface area contributed by atoms with Crippen LogP contribution in [0.2, 0.25) is 0 Å². The minimum absolute atomic E-state index is 0.0312. The van der Waals surface area contributed by atoms with E-state index in [1.165, 1.54) is 0 Å². The van der Waals surface area contributed by atoms with Crippen LogP contribution in [0.4, 0.5) is 5.82 Å². The second-order valence-corrected chi connectivity index (χ2v) is 5.57. The highest BCUT2D eigenvalue weighted by atomic mass is 16.5. The number of carbonyl (C=O) groups excluding carboxylic acids is 1. The largest absolute Gasteiger partial charge is 0.484 e. The normalized spacial score (nSPS) is 11.2. The van der Waals surface area contributed by atoms with Crippen molar-refractivity contribution >= 4 is 11.7 Å². The Hall–Kier alpha value is -2.30. The van der Waals surface area contributed by atoms with E-state index in [1.54, 1.807) is 12.1 Å². The lowest BCUT2D eigenvalue weighted by Crippen LogP contribution is -2.20. The standard InChI is InChI=1S/C15H19N3O2/c1-15(2,3)12-9-13(18-17-12)16-14(19)10-20-11-7-5-4-6-8-11/h4-9H,10H2,1-3H3,(H2,16,17,18,19). The molecule has 2 rings (SSSR count). The maximum atomic E-state index is 11.8. The number of ether oxygens (including phenoxy) is 1. The monoisotopic (exact) mass is 273 g/mol. The number of hydrogen-bond acceptors (Lipinski definition) is 3. The van der Waals surface area contributed by atoms with E-state index in [1.807, 2.05) is 24.3 Å². The number of aromatic nitrogens is 2. The van der Waals surface area contributed by atoms with Crippen LogP contribution < -0.4 is 10.1 Å². The molecule has 0 atom stereocenters. The average molecular weight is 273 g/mol. The van der Waals surface area contributed by atoms with Crippen LogP contribution in [0.15, 0.2) is 36.4 Å². The predicted octanol–water partition coefficient (Wildman–Crippen LogP) is 2.72. The Morgan fingerprint density at radius 2 is 2.00 bits per heavy atom. The van der Waals surface area contributed by atoms with Gasteiger partial charge < -0.3 is 10.1 Å². The molecule has 0 radical (unpaired) electrons. The van der Waals surface area contributed by atoms with Crippen LogP contribution in [0.5, 0.6) is 5.75 Å². The summed E-state index contributed by atoms with van der Waals surface area (Å²) < 4.78 is 5.36. The predicted molar refractivity (Wildman–Crippen MR) is 77.9 cm³/mol. The van der Waals surface area contributed by atoms with Gasteiger partial charge in [0.2, 0.25) is 0 Å². The van der Waals surface area contributed by atoms with Crippen molar-refractivity contribution in [3.8, 4) is 5.75 Å². The van der Waals surface area contributed by atoms with Crippen molar-refractivity contribution in [1.82, 2.24) is 10.2 Å². The van der Waals surface area contributed by atoms with E-state index in [-0.39, 0.29) is 17.9 Å². The van der Waals surface area contributed by atoms with Gasteiger partial charge in [0, 0.05) is 17.2 Å².